The van der Waals surface area contributed by atoms with Crippen LogP contribution in [-0.2, 0) is 14.3 Å². The zero-order valence-corrected chi connectivity index (χ0v) is 14.1. The average molecular weight is 354 g/mol. The molecule has 2 atom stereocenters. The van der Waals surface area contributed by atoms with Crippen LogP contribution in [-0.4, -0.2) is 28.8 Å². The molecule has 0 spiro atoms. The second kappa shape index (κ2) is 7.31. The molecule has 6 nitrogen and oxygen atoms in total. The number of ether oxygens (including phenoxy) is 2. The highest BCUT2D eigenvalue weighted by Gasteiger charge is 2.40. The summed E-state index contributed by atoms with van der Waals surface area (Å²) in [6.07, 6.45) is 2.19. The first-order valence-electron chi connectivity index (χ1n) is 8.16. The Hall–Kier alpha value is -3.28. The van der Waals surface area contributed by atoms with Gasteiger partial charge in [-0.25, -0.2) is 4.79 Å². The Morgan fingerprint density at radius 1 is 1.19 bits per heavy atom. The van der Waals surface area contributed by atoms with Gasteiger partial charge in [-0.3, -0.25) is 4.79 Å². The smallest absolute Gasteiger partial charge is 0.330 e. The van der Waals surface area contributed by atoms with Crippen LogP contribution in [0.2, 0.25) is 0 Å². The van der Waals surface area contributed by atoms with Crippen molar-refractivity contribution in [1.82, 2.24) is 0 Å². The number of hydrogen-bond donors (Lipinski definition) is 2. The van der Waals surface area contributed by atoms with Crippen LogP contribution >= 0.6 is 0 Å². The van der Waals surface area contributed by atoms with Crippen molar-refractivity contribution in [3.05, 3.63) is 65.2 Å². The van der Waals surface area contributed by atoms with Crippen LogP contribution < -0.4 is 4.74 Å². The molecule has 2 aromatic rings. The number of benzene rings is 2. The molecule has 1 aliphatic heterocycles. The zero-order chi connectivity index (χ0) is 18.7. The molecule has 6 heteroatoms. The molecule has 0 unspecified atom stereocenters. The maximum Gasteiger partial charge on any atom is 0.330 e. The Bertz CT molecular complexity index is 853. The summed E-state index contributed by atoms with van der Waals surface area (Å²) < 4.78 is 10.7. The van der Waals surface area contributed by atoms with Gasteiger partial charge >= 0.3 is 11.9 Å². The SMILES string of the molecule is CCOC(=O)/C=C/c1ccc2c(c1)[C@@H](C(=O)O)[C@H](c1ccc(O)cc1)O2. The van der Waals surface area contributed by atoms with Crippen LogP contribution in [0, 0.1) is 0 Å². The Labute approximate surface area is 150 Å². The minimum Gasteiger partial charge on any atom is -0.508 e. The van der Waals surface area contributed by atoms with Crippen LogP contribution in [0.15, 0.2) is 48.5 Å². The quantitative estimate of drug-likeness (QED) is 0.632. The van der Waals surface area contributed by atoms with Crippen molar-refractivity contribution >= 4 is 18.0 Å². The van der Waals surface area contributed by atoms with Crippen molar-refractivity contribution in [3.63, 3.8) is 0 Å². The van der Waals surface area contributed by atoms with Crippen LogP contribution in [0.25, 0.3) is 6.08 Å². The maximum absolute atomic E-state index is 11.9. The molecule has 1 aliphatic rings. The van der Waals surface area contributed by atoms with Crippen molar-refractivity contribution in [2.75, 3.05) is 6.61 Å². The molecule has 2 aromatic carbocycles. The largest absolute Gasteiger partial charge is 0.508 e. The summed E-state index contributed by atoms with van der Waals surface area (Å²) in [6.45, 7) is 2.01. The first-order valence-corrected chi connectivity index (χ1v) is 8.16. The number of rotatable bonds is 5. The molecule has 0 radical (unpaired) electrons. The molecule has 26 heavy (non-hydrogen) atoms. The minimum absolute atomic E-state index is 0.0996. The summed E-state index contributed by atoms with van der Waals surface area (Å²) in [7, 11) is 0. The predicted octanol–water partition coefficient (Wildman–Crippen LogP) is 3.27. The van der Waals surface area contributed by atoms with E-state index in [0.717, 1.165) is 0 Å². The van der Waals surface area contributed by atoms with Gasteiger partial charge in [0.15, 0.2) is 0 Å². The highest BCUT2D eigenvalue weighted by Crippen LogP contribution is 2.46. The zero-order valence-electron chi connectivity index (χ0n) is 14.1. The van der Waals surface area contributed by atoms with Crippen molar-refractivity contribution in [2.24, 2.45) is 0 Å². The monoisotopic (exact) mass is 354 g/mol. The van der Waals surface area contributed by atoms with Gasteiger partial charge in [0.1, 0.15) is 23.5 Å². The van der Waals surface area contributed by atoms with E-state index in [1.165, 1.54) is 18.2 Å². The third kappa shape index (κ3) is 3.54. The lowest BCUT2D eigenvalue weighted by Gasteiger charge is -2.16. The summed E-state index contributed by atoms with van der Waals surface area (Å²) in [5, 5.41) is 19.1. The fraction of sp³-hybridized carbons (Fsp3) is 0.200. The van der Waals surface area contributed by atoms with Gasteiger partial charge in [-0.1, -0.05) is 18.2 Å². The number of carbonyl (C=O) groups excluding carboxylic acids is 1. The van der Waals surface area contributed by atoms with Gasteiger partial charge in [0.25, 0.3) is 0 Å². The molecule has 0 bridgehead atoms. The number of carboxylic acid groups (broad SMARTS) is 1. The lowest BCUT2D eigenvalue weighted by molar-refractivity contribution is -0.140. The van der Waals surface area contributed by atoms with E-state index in [0.29, 0.717) is 22.4 Å². The number of carboxylic acids is 1. The molecule has 134 valence electrons. The van der Waals surface area contributed by atoms with Gasteiger partial charge in [-0.2, -0.15) is 0 Å². The molecule has 0 saturated carbocycles. The Morgan fingerprint density at radius 2 is 1.92 bits per heavy atom. The number of phenolic OH excluding ortho intramolecular Hbond substituents is 1. The van der Waals surface area contributed by atoms with E-state index in [-0.39, 0.29) is 12.4 Å². The lowest BCUT2D eigenvalue weighted by Crippen LogP contribution is -2.18. The Balaban J connectivity index is 1.91. The number of hydrogen-bond acceptors (Lipinski definition) is 5. The van der Waals surface area contributed by atoms with Crippen molar-refractivity contribution in [2.45, 2.75) is 18.9 Å². The molecular formula is C20H18O6. The second-order valence-corrected chi connectivity index (χ2v) is 5.83. The summed E-state index contributed by atoms with van der Waals surface area (Å²) >= 11 is 0. The number of aromatic hydroxyl groups is 1. The molecule has 0 amide bonds. The van der Waals surface area contributed by atoms with Crippen LogP contribution in [0.5, 0.6) is 11.5 Å². The number of phenols is 1. The fourth-order valence-corrected chi connectivity index (χ4v) is 2.93. The molecule has 2 N–H and O–H groups in total. The normalized spacial score (nSPS) is 18.3. The fourth-order valence-electron chi connectivity index (χ4n) is 2.93. The van der Waals surface area contributed by atoms with Crippen molar-refractivity contribution in [3.8, 4) is 11.5 Å². The molecule has 0 aliphatic carbocycles. The lowest BCUT2D eigenvalue weighted by atomic mass is 9.90. The standard InChI is InChI=1S/C20H18O6/c1-2-25-17(22)10-4-12-3-9-16-15(11-12)18(20(23)24)19(26-16)13-5-7-14(21)8-6-13/h3-11,18-19,21H,2H2,1H3,(H,23,24)/b10-4+/t18-,19+/m1/s1. The first-order chi connectivity index (χ1) is 12.5. The van der Waals surface area contributed by atoms with E-state index >= 15 is 0 Å². The Kier molecular flexibility index (Phi) is 4.93. The molecule has 0 saturated heterocycles. The molecule has 1 heterocycles. The van der Waals surface area contributed by atoms with Gasteiger partial charge < -0.3 is 19.7 Å². The highest BCUT2D eigenvalue weighted by molar-refractivity contribution is 5.87. The van der Waals surface area contributed by atoms with Crippen LogP contribution in [0.1, 0.15) is 35.6 Å². The number of fused-ring (bicyclic) bond motifs is 1. The summed E-state index contributed by atoms with van der Waals surface area (Å²) in [5.74, 6) is -1.76. The van der Waals surface area contributed by atoms with E-state index in [1.807, 2.05) is 0 Å². The summed E-state index contributed by atoms with van der Waals surface area (Å²) in [6, 6.07) is 11.4. The third-order valence-electron chi connectivity index (χ3n) is 4.11. The van der Waals surface area contributed by atoms with Gasteiger partial charge in [0, 0.05) is 11.6 Å². The minimum atomic E-state index is -1.01. The maximum atomic E-state index is 11.9. The van der Waals surface area contributed by atoms with E-state index in [9.17, 15) is 19.8 Å². The van der Waals surface area contributed by atoms with Gasteiger partial charge in [0.2, 0.25) is 0 Å². The number of aliphatic carboxylic acids is 1. The molecule has 0 aromatic heterocycles. The second-order valence-electron chi connectivity index (χ2n) is 5.83. The third-order valence-corrected chi connectivity index (χ3v) is 4.11. The first kappa shape index (κ1) is 17.5. The topological polar surface area (TPSA) is 93.1 Å². The van der Waals surface area contributed by atoms with E-state index in [4.69, 9.17) is 9.47 Å². The van der Waals surface area contributed by atoms with Crippen LogP contribution in [0.4, 0.5) is 0 Å². The van der Waals surface area contributed by atoms with Crippen molar-refractivity contribution < 1.29 is 29.3 Å². The van der Waals surface area contributed by atoms with E-state index in [2.05, 4.69) is 0 Å². The Morgan fingerprint density at radius 3 is 2.58 bits per heavy atom. The van der Waals surface area contributed by atoms with Gasteiger partial charge in [-0.05, 0) is 48.4 Å². The van der Waals surface area contributed by atoms with Crippen molar-refractivity contribution in [1.29, 1.82) is 0 Å². The van der Waals surface area contributed by atoms with Gasteiger partial charge in [0.05, 0.1) is 6.61 Å². The van der Waals surface area contributed by atoms with E-state index in [1.54, 1.807) is 43.3 Å². The van der Waals surface area contributed by atoms with E-state index < -0.39 is 24.0 Å². The molecule has 3 rings (SSSR count). The van der Waals surface area contributed by atoms with Crippen LogP contribution in [0.3, 0.4) is 0 Å². The molecular weight excluding hydrogens is 336 g/mol. The average Bonchev–Trinajstić information content (AvgIpc) is 2.99. The predicted molar refractivity (Wildman–Crippen MR) is 94.0 cm³/mol. The van der Waals surface area contributed by atoms with Gasteiger partial charge in [-0.15, -0.1) is 0 Å². The highest BCUT2D eigenvalue weighted by atomic mass is 16.5. The molecule has 0 fully saturated rings. The summed E-state index contributed by atoms with van der Waals surface area (Å²) in [4.78, 5) is 23.3. The summed E-state index contributed by atoms with van der Waals surface area (Å²) in [5.41, 5.74) is 1.88. The number of carbonyl (C=O) groups is 2. The number of esters is 1.